The monoisotopic (exact) mass is 1560 g/mol. The molecule has 0 rings (SSSR count). The van der Waals surface area contributed by atoms with E-state index >= 15 is 0 Å². The van der Waals surface area contributed by atoms with Crippen molar-refractivity contribution in [2.45, 2.75) is 103 Å². The van der Waals surface area contributed by atoms with Gasteiger partial charge in [-0.25, -0.2) is 37.5 Å². The molecular weight excluding hydrogens is 1510 g/mol. The molecule has 558 valence electrons. The van der Waals surface area contributed by atoms with E-state index < -0.39 is 211 Å². The first-order chi connectivity index (χ1) is 41.6. The number of ether oxygens (including phenoxy) is 6. The SMILES string of the molecule is C=C(C)C(=O)OCC(F)(F)S(=O)(=O)O.C=C(C)C(=O)OCC(F)C(F)(F)S(=O)(=O)O.C=C(C)C(=O)OCCC(F)(F)C(F)(F)S(=O)(=O)O.C=C(C)C(=O)OCCC(F)C(F)(F)S(=O)(=O)O.C=CC(=O)OCC(F)(F)S(=O)(=O)O.C=CC(=O)OCCC(F)(F)C(F)(F)S(=O)(=O)O. The fraction of sp³-hybridized carbons (Fsp3) is 0.561. The van der Waals surface area contributed by atoms with Gasteiger partial charge in [0.2, 0.25) is 6.17 Å². The van der Waals surface area contributed by atoms with Crippen molar-refractivity contribution in [2.75, 3.05) is 39.6 Å². The molecule has 0 amide bonds. The smallest absolute Gasteiger partial charge is 0.431 e. The zero-order valence-electron chi connectivity index (χ0n) is 47.7. The minimum absolute atomic E-state index is 0.0121. The molecule has 0 saturated heterocycles. The van der Waals surface area contributed by atoms with E-state index in [9.17, 15) is 158 Å². The summed E-state index contributed by atoms with van der Waals surface area (Å²) < 4.78 is 420. The van der Waals surface area contributed by atoms with Crippen LogP contribution in [-0.2, 0) is 118 Å². The Morgan fingerprint density at radius 2 is 0.632 bits per heavy atom. The van der Waals surface area contributed by atoms with Crippen LogP contribution in [0.3, 0.4) is 0 Å². The number of hydrogen-bond acceptors (Lipinski definition) is 24. The highest BCUT2D eigenvalue weighted by Gasteiger charge is 2.66. The Morgan fingerprint density at radius 1 is 0.379 bits per heavy atom. The molecule has 0 heterocycles. The van der Waals surface area contributed by atoms with Crippen LogP contribution in [0.1, 0.15) is 47.0 Å². The highest BCUT2D eigenvalue weighted by atomic mass is 32.2. The van der Waals surface area contributed by atoms with Gasteiger partial charge in [-0.15, -0.1) is 0 Å². The molecule has 2 unspecified atom stereocenters. The van der Waals surface area contributed by atoms with E-state index in [0.717, 1.165) is 0 Å². The summed E-state index contributed by atoms with van der Waals surface area (Å²) in [5.74, 6) is -16.8. The molecule has 0 aromatic rings. The normalized spacial score (nSPS) is 13.3. The average Bonchev–Trinajstić information content (AvgIpc) is 0.793. The third-order valence-electron chi connectivity index (χ3n) is 8.43. The Kier molecular flexibility index (Phi) is 40.2. The first-order valence-corrected chi connectivity index (χ1v) is 31.2. The summed E-state index contributed by atoms with van der Waals surface area (Å²) in [6.07, 6.45) is -9.93. The lowest BCUT2D eigenvalue weighted by atomic mass is 10.2. The summed E-state index contributed by atoms with van der Waals surface area (Å²) in [6, 6.07) is 0. The lowest BCUT2D eigenvalue weighted by Crippen LogP contribution is -2.47. The maximum Gasteiger partial charge on any atom is 0.431 e. The third-order valence-corrected chi connectivity index (χ3v) is 14.0. The van der Waals surface area contributed by atoms with Crippen LogP contribution in [-0.4, -0.2) is 209 Å². The molecule has 95 heavy (non-hydrogen) atoms. The van der Waals surface area contributed by atoms with Gasteiger partial charge in [-0.1, -0.05) is 39.5 Å². The molecule has 0 radical (unpaired) electrons. The summed E-state index contributed by atoms with van der Waals surface area (Å²) >= 11 is 0. The Labute approximate surface area is 525 Å². The lowest BCUT2D eigenvalue weighted by Gasteiger charge is -2.23. The minimum atomic E-state index is -6.27. The van der Waals surface area contributed by atoms with Crippen LogP contribution in [0.25, 0.3) is 0 Å². The molecule has 0 aromatic carbocycles. The molecule has 0 spiro atoms. The summed E-state index contributed by atoms with van der Waals surface area (Å²) in [5.41, 5.74) is -0.472. The molecule has 30 nitrogen and oxygen atoms in total. The van der Waals surface area contributed by atoms with Crippen molar-refractivity contribution in [2.24, 2.45) is 0 Å². The lowest BCUT2D eigenvalue weighted by molar-refractivity contribution is -0.173. The van der Waals surface area contributed by atoms with E-state index in [-0.39, 0.29) is 22.3 Å². The molecule has 2 atom stereocenters. The van der Waals surface area contributed by atoms with Gasteiger partial charge in [-0.05, 0) is 27.7 Å². The van der Waals surface area contributed by atoms with Crippen molar-refractivity contribution >= 4 is 96.5 Å². The predicted octanol–water partition coefficient (Wildman–Crippen LogP) is 5.85. The first-order valence-electron chi connectivity index (χ1n) is 22.6. The molecule has 0 aliphatic carbocycles. The van der Waals surface area contributed by atoms with Gasteiger partial charge in [0.25, 0.3) is 0 Å². The predicted molar refractivity (Wildman–Crippen MR) is 278 cm³/mol. The van der Waals surface area contributed by atoms with Crippen molar-refractivity contribution in [3.05, 3.63) is 73.9 Å². The fourth-order valence-corrected chi connectivity index (χ4v) is 5.48. The quantitative estimate of drug-likeness (QED) is 0.0156. The van der Waals surface area contributed by atoms with E-state index in [0.29, 0.717) is 12.2 Å². The van der Waals surface area contributed by atoms with Crippen LogP contribution in [0.5, 0.6) is 0 Å². The van der Waals surface area contributed by atoms with Crippen molar-refractivity contribution in [1.29, 1.82) is 0 Å². The van der Waals surface area contributed by atoms with E-state index in [1.165, 1.54) is 27.7 Å². The zero-order valence-corrected chi connectivity index (χ0v) is 52.5. The van der Waals surface area contributed by atoms with Crippen molar-refractivity contribution in [3.63, 3.8) is 0 Å². The number of carbonyl (C=O) groups is 6. The van der Waals surface area contributed by atoms with Gasteiger partial charge in [0.05, 0.1) is 32.7 Å². The van der Waals surface area contributed by atoms with Crippen molar-refractivity contribution in [1.82, 2.24) is 0 Å². The molecule has 0 aromatic heterocycles. The van der Waals surface area contributed by atoms with Gasteiger partial charge in [-0.2, -0.15) is 121 Å². The highest BCUT2D eigenvalue weighted by molar-refractivity contribution is 7.88. The highest BCUT2D eigenvalue weighted by Crippen LogP contribution is 2.42. The number of halogens is 18. The van der Waals surface area contributed by atoms with Crippen LogP contribution in [0.2, 0.25) is 0 Å². The van der Waals surface area contributed by atoms with Crippen molar-refractivity contribution in [3.8, 4) is 0 Å². The molecule has 0 saturated carbocycles. The van der Waals surface area contributed by atoms with Crippen LogP contribution >= 0.6 is 0 Å². The van der Waals surface area contributed by atoms with E-state index in [1.54, 1.807) is 0 Å². The molecule has 0 aliphatic rings. The maximum absolute atomic E-state index is 12.8. The standard InChI is InChI=1S/C8H10F4O5S.C8H11F3O5S.C7H8F4O5S.C7H9F3O5S.C6H8F2O5S.C5H6F2O5S/c1-5(2)6(13)17-4-3-7(9,10)8(11,12)18(14,15)16;1-5(2)7(12)16-4-3-6(9)8(10,11)17(13,14)15;1-2-5(12)16-4-3-6(8,9)7(10,11)17(13,14)15;1-4(2)6(11)15-3-5(8)7(9,10)16(12,13)14;1-4(2)5(9)13-3-6(7,8)14(10,11)12;1-2-4(8)12-3-5(6,7)13(9,10)11/h1,3-4H2,2H3,(H,14,15,16);6H,1,3-4H2,2H3,(H,13,14,15);2H,1,3-4H2,(H,13,14,15);5H,1,3H2,2H3,(H,12,13,14);1,3H2,2H3,(H,10,11,12);2H,1,3H2,(H,9,10,11). The summed E-state index contributed by atoms with van der Waals surface area (Å²) in [7, 11) is -35.4. The number of carbonyl (C=O) groups excluding carboxylic acids is 6. The molecule has 54 heteroatoms. The number of rotatable bonds is 31. The third kappa shape index (κ3) is 35.3. The Balaban J connectivity index is -0.000000251. The summed E-state index contributed by atoms with van der Waals surface area (Å²) in [5, 5.41) is -30.3. The Morgan fingerprint density at radius 3 is 0.905 bits per heavy atom. The second-order valence-corrected chi connectivity index (χ2v) is 25.7. The van der Waals surface area contributed by atoms with Gasteiger partial charge >= 0.3 is 140 Å². The molecule has 0 fully saturated rings. The van der Waals surface area contributed by atoms with Crippen LogP contribution in [0.4, 0.5) is 79.0 Å². The van der Waals surface area contributed by atoms with E-state index in [2.05, 4.69) is 67.9 Å². The second-order valence-electron chi connectivity index (χ2n) is 16.7. The van der Waals surface area contributed by atoms with Gasteiger partial charge < -0.3 is 28.4 Å². The van der Waals surface area contributed by atoms with Gasteiger partial charge in [0.15, 0.2) is 19.4 Å². The topological polar surface area (TPSA) is 484 Å². The minimum Gasteiger partial charge on any atom is -0.462 e. The second kappa shape index (κ2) is 38.4. The van der Waals surface area contributed by atoms with Crippen molar-refractivity contribution < 1.29 is 214 Å². The Hall–Kier alpha value is -6.54. The largest absolute Gasteiger partial charge is 0.462 e. The average molecular weight is 1560 g/mol. The van der Waals surface area contributed by atoms with Crippen LogP contribution in [0.15, 0.2) is 73.9 Å². The Bertz CT molecular complexity index is 3450. The molecule has 0 aliphatic heterocycles. The number of esters is 6. The summed E-state index contributed by atoms with van der Waals surface area (Å²) in [6.45, 7) is 15.1. The molecule has 6 N–H and O–H groups in total. The van der Waals surface area contributed by atoms with Gasteiger partial charge in [0.1, 0.15) is 6.61 Å². The molecule has 0 bridgehead atoms. The van der Waals surface area contributed by atoms with Gasteiger partial charge in [-0.3, -0.25) is 27.3 Å². The number of hydrogen-bond donors (Lipinski definition) is 6. The maximum atomic E-state index is 12.8. The van der Waals surface area contributed by atoms with E-state index in [1.807, 2.05) is 0 Å². The van der Waals surface area contributed by atoms with Gasteiger partial charge in [0, 0.05) is 40.9 Å². The van der Waals surface area contributed by atoms with E-state index in [4.69, 9.17) is 27.3 Å². The molecular formula is C41H52F18O30S6. The van der Waals surface area contributed by atoms with Crippen LogP contribution in [0, 0.1) is 0 Å². The summed E-state index contributed by atoms with van der Waals surface area (Å²) in [4.78, 5) is 63.4. The zero-order chi connectivity index (χ0) is 77.9. The van der Waals surface area contributed by atoms with Crippen LogP contribution < -0.4 is 0 Å². The fourth-order valence-electron chi connectivity index (χ4n) is 3.28. The first kappa shape index (κ1) is 99.5. The number of alkyl halides is 18.